The van der Waals surface area contributed by atoms with Crippen molar-refractivity contribution in [1.82, 2.24) is 15.1 Å². The van der Waals surface area contributed by atoms with Crippen LogP contribution in [-0.4, -0.2) is 27.6 Å². The van der Waals surface area contributed by atoms with Crippen LogP contribution in [0.4, 0.5) is 10.1 Å². The largest absolute Gasteiger partial charge is 0.467 e. The molecule has 0 saturated carbocycles. The molecular formula is C19H12ClFN4O3. The number of benzene rings is 2. The number of rotatable bonds is 5. The molecule has 9 heteroatoms. The van der Waals surface area contributed by atoms with E-state index in [4.69, 9.17) is 20.9 Å². The fraction of sp³-hybridized carbons (Fsp3) is 0.0526. The minimum absolute atomic E-state index is 0.0863. The molecule has 4 aromatic rings. The smallest absolute Gasteiger partial charge is 0.265 e. The lowest BCUT2D eigenvalue weighted by Crippen LogP contribution is -2.20. The van der Waals surface area contributed by atoms with Crippen molar-refractivity contribution in [2.45, 2.75) is 0 Å². The first-order chi connectivity index (χ1) is 13.6. The molecule has 28 heavy (non-hydrogen) atoms. The molecule has 0 fully saturated rings. The maximum Gasteiger partial charge on any atom is 0.265 e. The first-order valence-corrected chi connectivity index (χ1v) is 8.53. The fourth-order valence-electron chi connectivity index (χ4n) is 2.57. The van der Waals surface area contributed by atoms with E-state index < -0.39 is 11.7 Å². The molecule has 0 aliphatic carbocycles. The van der Waals surface area contributed by atoms with Gasteiger partial charge in [0.2, 0.25) is 5.88 Å². The number of hydrogen-bond donors (Lipinski definition) is 1. The second-order valence-electron chi connectivity index (χ2n) is 5.72. The van der Waals surface area contributed by atoms with Crippen LogP contribution in [0.25, 0.3) is 22.4 Å². The molecule has 2 heterocycles. The van der Waals surface area contributed by atoms with E-state index in [1.54, 1.807) is 0 Å². The Morgan fingerprint density at radius 3 is 2.79 bits per heavy atom. The summed E-state index contributed by atoms with van der Waals surface area (Å²) in [5, 5.41) is 7.13. The Balaban J connectivity index is 1.55. The number of amides is 1. The number of fused-ring (bicyclic) bond motifs is 1. The molecule has 0 aliphatic rings. The van der Waals surface area contributed by atoms with Crippen LogP contribution < -0.4 is 10.1 Å². The van der Waals surface area contributed by atoms with Crippen molar-refractivity contribution >= 4 is 34.3 Å². The third-order valence-electron chi connectivity index (χ3n) is 3.83. The van der Waals surface area contributed by atoms with Crippen LogP contribution in [0.15, 0.2) is 59.4 Å². The van der Waals surface area contributed by atoms with Gasteiger partial charge in [-0.3, -0.25) is 4.79 Å². The van der Waals surface area contributed by atoms with Crippen molar-refractivity contribution in [2.75, 3.05) is 11.9 Å². The maximum absolute atomic E-state index is 13.1. The van der Waals surface area contributed by atoms with Crippen molar-refractivity contribution in [1.29, 1.82) is 0 Å². The van der Waals surface area contributed by atoms with E-state index in [0.29, 0.717) is 11.1 Å². The standard InChI is InChI=1S/C19H12ClFN4O3/c20-13-8-12(21)6-7-14(13)24-15(26)9-27-18-16-17(11-4-2-1-3-5-11)25-28-19(16)23-10-22-18/h1-8,10H,9H2,(H,24,26). The Morgan fingerprint density at radius 1 is 1.18 bits per heavy atom. The van der Waals surface area contributed by atoms with Crippen molar-refractivity contribution in [3.05, 3.63) is 65.7 Å². The molecule has 1 N–H and O–H groups in total. The van der Waals surface area contributed by atoms with Gasteiger partial charge in [0.05, 0.1) is 10.7 Å². The molecule has 0 saturated heterocycles. The van der Waals surface area contributed by atoms with Crippen LogP contribution >= 0.6 is 11.6 Å². The first kappa shape index (κ1) is 17.9. The SMILES string of the molecule is O=C(COc1ncnc2onc(-c3ccccc3)c12)Nc1ccc(F)cc1Cl. The molecule has 0 aliphatic heterocycles. The minimum atomic E-state index is -0.497. The number of anilines is 1. The van der Waals surface area contributed by atoms with Crippen molar-refractivity contribution < 1.29 is 18.4 Å². The number of hydrogen-bond acceptors (Lipinski definition) is 6. The van der Waals surface area contributed by atoms with Crippen molar-refractivity contribution in [2.24, 2.45) is 0 Å². The van der Waals surface area contributed by atoms with Gasteiger partial charge in [-0.05, 0) is 18.2 Å². The zero-order chi connectivity index (χ0) is 19.5. The lowest BCUT2D eigenvalue weighted by molar-refractivity contribution is -0.118. The molecule has 7 nitrogen and oxygen atoms in total. The van der Waals surface area contributed by atoms with E-state index in [0.717, 1.165) is 11.6 Å². The van der Waals surface area contributed by atoms with E-state index in [1.165, 1.54) is 18.5 Å². The molecule has 0 spiro atoms. The quantitative estimate of drug-likeness (QED) is 0.544. The maximum atomic E-state index is 13.1. The highest BCUT2D eigenvalue weighted by Gasteiger charge is 2.18. The summed E-state index contributed by atoms with van der Waals surface area (Å²) in [4.78, 5) is 20.3. The van der Waals surface area contributed by atoms with Crippen LogP contribution in [0.2, 0.25) is 5.02 Å². The first-order valence-electron chi connectivity index (χ1n) is 8.15. The predicted octanol–water partition coefficient (Wildman–Crippen LogP) is 4.09. The molecule has 1 amide bonds. The summed E-state index contributed by atoms with van der Waals surface area (Å²) in [6.45, 7) is -0.348. The molecule has 0 unspecified atom stereocenters. The normalized spacial score (nSPS) is 10.8. The Bertz CT molecular complexity index is 1150. The summed E-state index contributed by atoms with van der Waals surface area (Å²) in [5.41, 5.74) is 1.82. The van der Waals surface area contributed by atoms with Gasteiger partial charge in [-0.1, -0.05) is 47.1 Å². The Hall–Kier alpha value is -3.52. The van der Waals surface area contributed by atoms with Gasteiger partial charge in [0, 0.05) is 5.56 Å². The average molecular weight is 399 g/mol. The molecule has 0 atom stereocenters. The van der Waals surface area contributed by atoms with E-state index >= 15 is 0 Å². The topological polar surface area (TPSA) is 90.1 Å². The second kappa shape index (κ2) is 7.61. The summed E-state index contributed by atoms with van der Waals surface area (Å²) in [7, 11) is 0. The highest BCUT2D eigenvalue weighted by molar-refractivity contribution is 6.33. The highest BCUT2D eigenvalue weighted by atomic mass is 35.5. The molecule has 2 aromatic heterocycles. The van der Waals surface area contributed by atoms with Gasteiger partial charge < -0.3 is 14.6 Å². The van der Waals surface area contributed by atoms with E-state index in [9.17, 15) is 9.18 Å². The number of nitrogens with zero attached hydrogens (tertiary/aromatic N) is 3. The van der Waals surface area contributed by atoms with Crippen molar-refractivity contribution in [3.8, 4) is 17.1 Å². The van der Waals surface area contributed by atoms with Crippen LogP contribution in [0.3, 0.4) is 0 Å². The van der Waals surface area contributed by atoms with E-state index in [1.807, 2.05) is 30.3 Å². The Labute approximate surface area is 163 Å². The molecule has 0 radical (unpaired) electrons. The van der Waals surface area contributed by atoms with Gasteiger partial charge in [-0.2, -0.15) is 4.98 Å². The molecule has 140 valence electrons. The van der Waals surface area contributed by atoms with Crippen LogP contribution in [0.1, 0.15) is 0 Å². The number of halogens is 2. The van der Waals surface area contributed by atoms with E-state index in [-0.39, 0.29) is 28.9 Å². The lowest BCUT2D eigenvalue weighted by Gasteiger charge is -2.09. The van der Waals surface area contributed by atoms with Crippen LogP contribution in [0.5, 0.6) is 5.88 Å². The van der Waals surface area contributed by atoms with Gasteiger partial charge in [0.1, 0.15) is 23.2 Å². The number of carbonyl (C=O) groups excluding carboxylic acids is 1. The number of aromatic nitrogens is 3. The summed E-state index contributed by atoms with van der Waals surface area (Å²) in [6.07, 6.45) is 1.26. The minimum Gasteiger partial charge on any atom is -0.467 e. The van der Waals surface area contributed by atoms with E-state index in [2.05, 4.69) is 20.4 Å². The summed E-state index contributed by atoms with van der Waals surface area (Å²) in [6, 6.07) is 13.0. The zero-order valence-electron chi connectivity index (χ0n) is 14.2. The summed E-state index contributed by atoms with van der Waals surface area (Å²) >= 11 is 5.91. The van der Waals surface area contributed by atoms with Crippen molar-refractivity contribution in [3.63, 3.8) is 0 Å². The van der Waals surface area contributed by atoms with Crippen LogP contribution in [-0.2, 0) is 4.79 Å². The fourth-order valence-corrected chi connectivity index (χ4v) is 2.79. The third-order valence-corrected chi connectivity index (χ3v) is 4.14. The Kier molecular flexibility index (Phi) is 4.86. The molecular weight excluding hydrogens is 387 g/mol. The average Bonchev–Trinajstić information content (AvgIpc) is 3.14. The number of nitrogens with one attached hydrogen (secondary N) is 1. The molecule has 4 rings (SSSR count). The molecule has 0 bridgehead atoms. The highest BCUT2D eigenvalue weighted by Crippen LogP contribution is 2.32. The number of ether oxygens (including phenoxy) is 1. The Morgan fingerprint density at radius 2 is 2.00 bits per heavy atom. The number of carbonyl (C=O) groups is 1. The monoisotopic (exact) mass is 398 g/mol. The van der Waals surface area contributed by atoms with Gasteiger partial charge in [-0.25, -0.2) is 9.37 Å². The van der Waals surface area contributed by atoms with Gasteiger partial charge in [0.15, 0.2) is 6.61 Å². The van der Waals surface area contributed by atoms with Gasteiger partial charge in [0.25, 0.3) is 11.6 Å². The molecule has 2 aromatic carbocycles. The zero-order valence-corrected chi connectivity index (χ0v) is 15.0. The van der Waals surface area contributed by atoms with Crippen LogP contribution in [0, 0.1) is 5.82 Å². The lowest BCUT2D eigenvalue weighted by atomic mass is 10.1. The summed E-state index contributed by atoms with van der Waals surface area (Å²) in [5.74, 6) is -0.827. The third kappa shape index (κ3) is 3.63. The predicted molar refractivity (Wildman–Crippen MR) is 101 cm³/mol. The summed E-state index contributed by atoms with van der Waals surface area (Å²) < 4.78 is 23.9. The van der Waals surface area contributed by atoms with Gasteiger partial charge >= 0.3 is 0 Å². The second-order valence-corrected chi connectivity index (χ2v) is 6.12. The van der Waals surface area contributed by atoms with Gasteiger partial charge in [-0.15, -0.1) is 0 Å².